The Hall–Kier alpha value is -5.50. The maximum Gasteiger partial charge on any atom is 0.146 e. The molecule has 0 aromatic heterocycles. The van der Waals surface area contributed by atoms with Gasteiger partial charge in [0, 0.05) is 11.1 Å². The highest BCUT2D eigenvalue weighted by atomic mass is 16.5. The summed E-state index contributed by atoms with van der Waals surface area (Å²) in [6.45, 7) is 0. The lowest BCUT2D eigenvalue weighted by molar-refractivity contribution is -0.0784. The Morgan fingerprint density at radius 1 is 0.267 bits per heavy atom. The van der Waals surface area contributed by atoms with Gasteiger partial charge in [0.2, 0.25) is 0 Å². The van der Waals surface area contributed by atoms with Gasteiger partial charge in [0.15, 0.2) is 0 Å². The predicted molar refractivity (Wildman–Crippen MR) is 186 cm³/mol. The van der Waals surface area contributed by atoms with Gasteiger partial charge < -0.3 is 4.74 Å². The molecule has 0 unspecified atom stereocenters. The standard InChI is InChI=1S/C44H30O/c1-5-17-31(18-6-1)43(32-19-7-2-8-20-32)39-29-15-27-37-35-25-13-14-26-36(35)38-28-16-30-40(42(38)41(37)39)44(45-43,33-21-9-3-10-22-33)34-23-11-4-12-24-34/h1-30H. The van der Waals surface area contributed by atoms with E-state index in [2.05, 4.69) is 182 Å². The van der Waals surface area contributed by atoms with Crippen LogP contribution in [0.15, 0.2) is 182 Å². The lowest BCUT2D eigenvalue weighted by atomic mass is 9.77. The van der Waals surface area contributed by atoms with E-state index in [1.165, 1.54) is 32.3 Å². The van der Waals surface area contributed by atoms with E-state index in [0.29, 0.717) is 0 Å². The number of fused-ring (bicyclic) bond motifs is 3. The molecule has 0 saturated heterocycles. The smallest absolute Gasteiger partial charge is 0.146 e. The molecule has 0 N–H and O–H groups in total. The van der Waals surface area contributed by atoms with Gasteiger partial charge in [0.05, 0.1) is 0 Å². The van der Waals surface area contributed by atoms with E-state index in [-0.39, 0.29) is 0 Å². The molecule has 9 rings (SSSR count). The lowest BCUT2D eigenvalue weighted by Crippen LogP contribution is -2.43. The monoisotopic (exact) mass is 574 g/mol. The van der Waals surface area contributed by atoms with Crippen molar-refractivity contribution in [1.29, 1.82) is 0 Å². The van der Waals surface area contributed by atoms with Crippen molar-refractivity contribution in [3.8, 4) is 0 Å². The van der Waals surface area contributed by atoms with Crippen LogP contribution in [-0.4, -0.2) is 0 Å². The Morgan fingerprint density at radius 2 is 0.556 bits per heavy atom. The zero-order valence-electron chi connectivity index (χ0n) is 24.7. The van der Waals surface area contributed by atoms with E-state index in [9.17, 15) is 0 Å². The molecule has 1 heteroatoms. The molecule has 0 radical (unpaired) electrons. The summed E-state index contributed by atoms with van der Waals surface area (Å²) in [7, 11) is 0. The summed E-state index contributed by atoms with van der Waals surface area (Å²) < 4.78 is 8.22. The molecule has 8 aromatic rings. The molecule has 0 fully saturated rings. The van der Waals surface area contributed by atoms with Gasteiger partial charge >= 0.3 is 0 Å². The zero-order valence-corrected chi connectivity index (χ0v) is 24.7. The van der Waals surface area contributed by atoms with Crippen molar-refractivity contribution in [1.82, 2.24) is 0 Å². The summed E-state index contributed by atoms with van der Waals surface area (Å²) in [4.78, 5) is 0. The number of ether oxygens (including phenoxy) is 1. The average molecular weight is 575 g/mol. The number of hydrogen-bond donors (Lipinski definition) is 0. The van der Waals surface area contributed by atoms with Crippen molar-refractivity contribution >= 4 is 32.3 Å². The third-order valence-corrected chi connectivity index (χ3v) is 9.67. The Morgan fingerprint density at radius 3 is 0.889 bits per heavy atom. The van der Waals surface area contributed by atoms with Crippen LogP contribution in [0.5, 0.6) is 0 Å². The lowest BCUT2D eigenvalue weighted by Gasteiger charge is -2.45. The molecule has 0 bridgehead atoms. The van der Waals surface area contributed by atoms with Crippen LogP contribution in [0.25, 0.3) is 32.3 Å². The second kappa shape index (κ2) is 10.0. The summed E-state index contributed by atoms with van der Waals surface area (Å²) >= 11 is 0. The fourth-order valence-corrected chi connectivity index (χ4v) is 7.85. The van der Waals surface area contributed by atoms with E-state index in [4.69, 9.17) is 4.74 Å². The van der Waals surface area contributed by atoms with Gasteiger partial charge in [-0.1, -0.05) is 182 Å². The highest BCUT2D eigenvalue weighted by Crippen LogP contribution is 2.58. The van der Waals surface area contributed by atoms with E-state index < -0.39 is 11.2 Å². The quantitative estimate of drug-likeness (QED) is 0.190. The van der Waals surface area contributed by atoms with Crippen LogP contribution in [0.1, 0.15) is 33.4 Å². The third kappa shape index (κ3) is 3.59. The molecule has 0 atom stereocenters. The molecule has 1 aliphatic heterocycles. The van der Waals surface area contributed by atoms with Gasteiger partial charge in [-0.3, -0.25) is 0 Å². The summed E-state index contributed by atoms with van der Waals surface area (Å²) in [5.41, 5.74) is 4.75. The first-order chi connectivity index (χ1) is 22.3. The maximum absolute atomic E-state index is 8.22. The van der Waals surface area contributed by atoms with Crippen molar-refractivity contribution in [2.24, 2.45) is 0 Å². The van der Waals surface area contributed by atoms with Crippen molar-refractivity contribution < 1.29 is 4.74 Å². The van der Waals surface area contributed by atoms with Crippen LogP contribution in [0.4, 0.5) is 0 Å². The highest BCUT2D eigenvalue weighted by molar-refractivity contribution is 6.27. The molecule has 8 aromatic carbocycles. The number of hydrogen-bond acceptors (Lipinski definition) is 1. The van der Waals surface area contributed by atoms with Crippen LogP contribution in [0.3, 0.4) is 0 Å². The molecular formula is C44H30O. The predicted octanol–water partition coefficient (Wildman–Crippen LogP) is 10.8. The number of benzene rings is 8. The first-order valence-electron chi connectivity index (χ1n) is 15.6. The van der Waals surface area contributed by atoms with Crippen LogP contribution in [0.2, 0.25) is 0 Å². The molecule has 1 heterocycles. The number of rotatable bonds is 4. The first kappa shape index (κ1) is 25.9. The molecule has 0 spiro atoms. The molecule has 0 amide bonds. The van der Waals surface area contributed by atoms with Crippen LogP contribution in [-0.2, 0) is 15.9 Å². The normalized spacial score (nSPS) is 14.9. The van der Waals surface area contributed by atoms with Gasteiger partial charge in [-0.2, -0.15) is 0 Å². The summed E-state index contributed by atoms with van der Waals surface area (Å²) in [6.07, 6.45) is 0. The summed E-state index contributed by atoms with van der Waals surface area (Å²) in [5, 5.41) is 7.45. The maximum atomic E-state index is 8.22. The Balaban J connectivity index is 1.61. The van der Waals surface area contributed by atoms with Gasteiger partial charge in [-0.25, -0.2) is 0 Å². The molecule has 1 aliphatic rings. The second-order valence-corrected chi connectivity index (χ2v) is 11.9. The minimum absolute atomic E-state index is 0.956. The van der Waals surface area contributed by atoms with Crippen LogP contribution in [0, 0.1) is 0 Å². The SMILES string of the molecule is c1ccc(C2(c3ccccc3)OC(c3ccccc3)(c3ccccc3)c3cccc4c5ccccc5c5cccc2c5c34)cc1. The Kier molecular flexibility index (Phi) is 5.78. The Labute approximate surface area is 263 Å². The van der Waals surface area contributed by atoms with Crippen molar-refractivity contribution in [2.45, 2.75) is 11.2 Å². The summed E-state index contributed by atoms with van der Waals surface area (Å²) in [5.74, 6) is 0. The van der Waals surface area contributed by atoms with Gasteiger partial charge in [-0.15, -0.1) is 0 Å². The van der Waals surface area contributed by atoms with Gasteiger partial charge in [0.25, 0.3) is 0 Å². The second-order valence-electron chi connectivity index (χ2n) is 11.9. The van der Waals surface area contributed by atoms with Gasteiger partial charge in [0.1, 0.15) is 11.2 Å². The molecule has 1 nitrogen and oxygen atoms in total. The minimum Gasteiger partial charge on any atom is -0.340 e. The van der Waals surface area contributed by atoms with E-state index in [0.717, 1.165) is 33.4 Å². The highest BCUT2D eigenvalue weighted by Gasteiger charge is 2.52. The molecular weight excluding hydrogens is 544 g/mol. The fourth-order valence-electron chi connectivity index (χ4n) is 7.85. The average Bonchev–Trinajstić information content (AvgIpc) is 3.25. The largest absolute Gasteiger partial charge is 0.340 e. The third-order valence-electron chi connectivity index (χ3n) is 9.67. The fraction of sp³-hybridized carbons (Fsp3) is 0.0455. The molecule has 0 aliphatic carbocycles. The van der Waals surface area contributed by atoms with Gasteiger partial charge in [-0.05, 0) is 54.6 Å². The summed E-state index contributed by atoms with van der Waals surface area (Å²) in [6, 6.07) is 65.6. The molecule has 212 valence electrons. The van der Waals surface area contributed by atoms with E-state index >= 15 is 0 Å². The molecule has 0 saturated carbocycles. The van der Waals surface area contributed by atoms with E-state index in [1.807, 2.05) is 0 Å². The van der Waals surface area contributed by atoms with Crippen LogP contribution >= 0.6 is 0 Å². The molecule has 45 heavy (non-hydrogen) atoms. The first-order valence-corrected chi connectivity index (χ1v) is 15.6. The topological polar surface area (TPSA) is 9.23 Å². The minimum atomic E-state index is -0.956. The van der Waals surface area contributed by atoms with Crippen molar-refractivity contribution in [3.63, 3.8) is 0 Å². The zero-order chi connectivity index (χ0) is 29.8. The Bertz CT molecular complexity index is 2080. The van der Waals surface area contributed by atoms with Crippen LogP contribution < -0.4 is 0 Å². The van der Waals surface area contributed by atoms with Crippen molar-refractivity contribution in [3.05, 3.63) is 215 Å². The van der Waals surface area contributed by atoms with E-state index in [1.54, 1.807) is 0 Å². The van der Waals surface area contributed by atoms with Crippen molar-refractivity contribution in [2.75, 3.05) is 0 Å².